The number of aliphatic hydroxyl groups excluding tert-OH is 2. The molecule has 4 aliphatic rings. The average Bonchev–Trinajstić information content (AvgIpc) is 0.725. The van der Waals surface area contributed by atoms with Crippen LogP contribution in [0.15, 0.2) is 133 Å². The summed E-state index contributed by atoms with van der Waals surface area (Å²) in [5.41, 5.74) is 5.59. The standard InChI is InChI=1S/C21H25NO6.2C20H23NO7.C20H21NO6.2CH4/c1-6-14-19(12-7-8-16(25-2)15(23)9-12)22(21(14)24)13-10-17(26-3)20(28-5)18(11-13)27-4;2*1-25-15-6-5-11(7-14(15)23)18-13(10-22)20(24)21(18)12-8-16(26-2)19(28-4)17(9-12)27-3;1-11-18(12-6-7-15(24-2)14(22)8-12)21(20(11)23)13-9-16(25-3)19(27-5)17(10-13)26-4;;/h7-11,14,19,23H,6H2,1-5H3;2*5-9,13,18,22-23H,10H2,1-4H3;6-10,18,22H,1H2,2-5H3;2*1H4/t14?,19-;13-,18+;13-,18-;18-;;/m0101../s1. The van der Waals surface area contributed by atoms with Crippen molar-refractivity contribution in [3.63, 3.8) is 0 Å². The number of phenols is 4. The Hall–Kier alpha value is -12.7. The van der Waals surface area contributed by atoms with Crippen molar-refractivity contribution in [2.75, 3.05) is 147 Å². The first kappa shape index (κ1) is 87.5. The Bertz CT molecular complexity index is 4280. The van der Waals surface area contributed by atoms with E-state index in [9.17, 15) is 49.8 Å². The smallest absolute Gasteiger partial charge is 0.256 e. The van der Waals surface area contributed by atoms with Gasteiger partial charge in [0.2, 0.25) is 40.7 Å². The van der Waals surface area contributed by atoms with Gasteiger partial charge in [0.05, 0.1) is 192 Å². The van der Waals surface area contributed by atoms with E-state index in [0.717, 1.165) is 5.56 Å². The van der Waals surface area contributed by atoms with Crippen molar-refractivity contribution in [1.82, 2.24) is 0 Å². The van der Waals surface area contributed by atoms with E-state index in [0.29, 0.717) is 143 Å². The molecule has 4 saturated heterocycles. The van der Waals surface area contributed by atoms with Crippen LogP contribution >= 0.6 is 0 Å². The normalized spacial score (nSPS) is 17.5. The third-order valence-corrected chi connectivity index (χ3v) is 19.4. The number of aliphatic hydroxyl groups is 2. The number of β-lactam (4-membered cyclic amide) rings is 4. The Kier molecular flexibility index (Phi) is 29.7. The maximum atomic E-state index is 12.9. The van der Waals surface area contributed by atoms with Gasteiger partial charge in [-0.1, -0.05) is 52.6 Å². The third kappa shape index (κ3) is 16.7. The van der Waals surface area contributed by atoms with Crippen LogP contribution in [0.5, 0.6) is 115 Å². The van der Waals surface area contributed by atoms with Gasteiger partial charge in [-0.25, -0.2) is 0 Å². The molecule has 0 aromatic heterocycles. The highest BCUT2D eigenvalue weighted by atomic mass is 16.6. The molecule has 6 N–H and O–H groups in total. The van der Waals surface area contributed by atoms with Crippen LogP contribution in [0.2, 0.25) is 0 Å². The molecule has 0 radical (unpaired) electrons. The first-order chi connectivity index (χ1) is 53.5. The molecule has 113 heavy (non-hydrogen) atoms. The highest BCUT2D eigenvalue weighted by Crippen LogP contribution is 2.55. The van der Waals surface area contributed by atoms with Gasteiger partial charge in [-0.05, 0) is 77.2 Å². The summed E-state index contributed by atoms with van der Waals surface area (Å²) in [6.07, 6.45) is 0.692. The van der Waals surface area contributed by atoms with Gasteiger partial charge in [-0.3, -0.25) is 24.1 Å². The quantitative estimate of drug-likeness (QED) is 0.0206. The highest BCUT2D eigenvalue weighted by Gasteiger charge is 2.52. The molecule has 0 aliphatic carbocycles. The summed E-state index contributed by atoms with van der Waals surface area (Å²) in [7, 11) is 24.0. The zero-order valence-electron chi connectivity index (χ0n) is 64.6. The molecule has 30 nitrogen and oxygen atoms in total. The van der Waals surface area contributed by atoms with Crippen molar-refractivity contribution < 1.29 is 126 Å². The SMILES string of the molecule is C.C.C=C1C(=O)N(c2cc(OC)c(OC)c(OC)c2)[C@H]1c1ccc(OC)c(O)c1.CCC1C(=O)N(c2cc(OC)c(OC)c(OC)c2)[C@H]1c1ccc(OC)c(O)c1.COc1ccc([C@H]2[C@@H](CO)C(=O)N2c2cc(OC)c(OC)c(OC)c2)cc1O.COc1ccc([C@H]2[C@H](CO)C(=O)N2c2cc(OC)c(OC)c(OC)c2)cc1O. The number of aromatic hydroxyl groups is 4. The average molecular weight is 1570 g/mol. The van der Waals surface area contributed by atoms with Gasteiger partial charge in [0.1, 0.15) is 0 Å². The Balaban J connectivity index is 0.000000208. The zero-order chi connectivity index (χ0) is 81.0. The Morgan fingerprint density at radius 3 is 0.726 bits per heavy atom. The van der Waals surface area contributed by atoms with Gasteiger partial charge in [-0.2, -0.15) is 0 Å². The van der Waals surface area contributed by atoms with E-state index < -0.39 is 30.0 Å². The van der Waals surface area contributed by atoms with Crippen molar-refractivity contribution >= 4 is 46.4 Å². The van der Waals surface area contributed by atoms with Gasteiger partial charge >= 0.3 is 0 Å². The van der Waals surface area contributed by atoms with Crippen molar-refractivity contribution in [2.45, 2.75) is 52.4 Å². The van der Waals surface area contributed by atoms with Crippen molar-refractivity contribution in [3.8, 4) is 115 Å². The number of hydrogen-bond donors (Lipinski definition) is 6. The predicted octanol–water partition coefficient (Wildman–Crippen LogP) is 12.1. The lowest BCUT2D eigenvalue weighted by Gasteiger charge is -2.47. The fraction of sp³-hybridized carbons (Fsp3) is 0.349. The van der Waals surface area contributed by atoms with Crippen LogP contribution in [-0.4, -0.2) is 181 Å². The highest BCUT2D eigenvalue weighted by molar-refractivity contribution is 6.15. The molecule has 4 amide bonds. The molecule has 4 fully saturated rings. The predicted molar refractivity (Wildman–Crippen MR) is 421 cm³/mol. The fourth-order valence-electron chi connectivity index (χ4n) is 13.9. The van der Waals surface area contributed by atoms with Crippen LogP contribution in [0.25, 0.3) is 0 Å². The van der Waals surface area contributed by atoms with E-state index in [2.05, 4.69) is 6.58 Å². The van der Waals surface area contributed by atoms with E-state index in [1.54, 1.807) is 113 Å². The number of nitrogens with zero attached hydrogens (tertiary/aromatic N) is 4. The Morgan fingerprint density at radius 1 is 0.301 bits per heavy atom. The second kappa shape index (κ2) is 38.3. The van der Waals surface area contributed by atoms with Crippen molar-refractivity contribution in [3.05, 3.63) is 156 Å². The van der Waals surface area contributed by atoms with Gasteiger partial charge in [-0.15, -0.1) is 0 Å². The van der Waals surface area contributed by atoms with E-state index in [-0.39, 0.29) is 86.7 Å². The minimum atomic E-state index is -0.619. The maximum Gasteiger partial charge on any atom is 0.256 e. The molecule has 0 bridgehead atoms. The summed E-state index contributed by atoms with van der Waals surface area (Å²) < 4.78 is 84.7. The molecule has 608 valence electrons. The van der Waals surface area contributed by atoms with E-state index in [1.165, 1.54) is 136 Å². The molecule has 8 aromatic carbocycles. The molecule has 30 heteroatoms. The molecule has 0 spiro atoms. The summed E-state index contributed by atoms with van der Waals surface area (Å²) in [5, 5.41) is 59.9. The first-order valence-corrected chi connectivity index (χ1v) is 34.4. The van der Waals surface area contributed by atoms with Gasteiger partial charge in [0, 0.05) is 54.1 Å². The number of carbonyl (C=O) groups is 4. The largest absolute Gasteiger partial charge is 0.504 e. The molecular weight excluding hydrogens is 1470 g/mol. The van der Waals surface area contributed by atoms with Crippen LogP contribution in [0.4, 0.5) is 22.7 Å². The number of benzene rings is 8. The van der Waals surface area contributed by atoms with E-state index in [4.69, 9.17) is 75.8 Å². The van der Waals surface area contributed by atoms with Crippen LogP contribution in [-0.2, 0) is 19.2 Å². The fourth-order valence-corrected chi connectivity index (χ4v) is 13.9. The monoisotopic (exact) mass is 1570 g/mol. The second-order valence-corrected chi connectivity index (χ2v) is 24.9. The molecule has 4 heterocycles. The van der Waals surface area contributed by atoms with Crippen molar-refractivity contribution in [2.24, 2.45) is 17.8 Å². The molecule has 0 saturated carbocycles. The Morgan fingerprint density at radius 2 is 0.513 bits per heavy atom. The summed E-state index contributed by atoms with van der Waals surface area (Å²) in [4.78, 5) is 57.1. The number of ether oxygens (including phenoxy) is 16. The molecular formula is C83H100N4O26. The summed E-state index contributed by atoms with van der Waals surface area (Å²) >= 11 is 0. The number of rotatable bonds is 27. The zero-order valence-corrected chi connectivity index (χ0v) is 64.6. The minimum absolute atomic E-state index is 0. The molecule has 7 atom stereocenters. The van der Waals surface area contributed by atoms with Crippen LogP contribution in [0, 0.1) is 17.8 Å². The molecule has 8 aromatic rings. The number of hydrogen-bond acceptors (Lipinski definition) is 26. The van der Waals surface area contributed by atoms with Gasteiger partial charge in [0.25, 0.3) is 5.91 Å². The summed E-state index contributed by atoms with van der Waals surface area (Å²) in [5.74, 6) is 4.46. The van der Waals surface area contributed by atoms with Crippen LogP contribution in [0.3, 0.4) is 0 Å². The summed E-state index contributed by atoms with van der Waals surface area (Å²) in [6.45, 7) is 5.24. The van der Waals surface area contributed by atoms with Crippen LogP contribution in [0.1, 0.15) is 74.6 Å². The number of carbonyl (C=O) groups excluding carboxylic acids is 4. The number of amides is 4. The van der Waals surface area contributed by atoms with Gasteiger partial charge < -0.3 is 121 Å². The number of methoxy groups -OCH3 is 16. The van der Waals surface area contributed by atoms with Crippen LogP contribution < -0.4 is 95.4 Å². The number of phenolic OH excluding ortho intramolecular Hbond substituents is 4. The number of anilines is 4. The lowest BCUT2D eigenvalue weighted by Crippen LogP contribution is -2.56. The second-order valence-electron chi connectivity index (χ2n) is 24.9. The molecule has 4 aliphatic heterocycles. The van der Waals surface area contributed by atoms with Crippen molar-refractivity contribution in [1.29, 1.82) is 0 Å². The Labute approximate surface area is 656 Å². The molecule has 12 rings (SSSR count). The molecule has 1 unspecified atom stereocenters. The lowest BCUT2D eigenvalue weighted by molar-refractivity contribution is -0.133. The first-order valence-electron chi connectivity index (χ1n) is 34.4. The summed E-state index contributed by atoms with van der Waals surface area (Å²) in [6, 6.07) is 32.0. The topological polar surface area (TPSA) is 350 Å². The lowest BCUT2D eigenvalue weighted by atomic mass is 9.80. The minimum Gasteiger partial charge on any atom is -0.504 e. The van der Waals surface area contributed by atoms with E-state index in [1.807, 2.05) is 13.0 Å². The van der Waals surface area contributed by atoms with Gasteiger partial charge in [0.15, 0.2) is 92.0 Å². The third-order valence-electron chi connectivity index (χ3n) is 19.4. The maximum absolute atomic E-state index is 12.9. The van der Waals surface area contributed by atoms with E-state index >= 15 is 0 Å².